The number of tetrazole rings is 1. The second-order valence-corrected chi connectivity index (χ2v) is 9.15. The standard InChI is InChI=1S/C26H30N6O2/c1-18-10-11-19(2)25-23(18)13-21(26(33)27-25)15-31(16-22-9-6-12-34-22)17-24-28-29-30-32(24)14-20-7-4-3-5-8-20/h3-5,7-8,10-11,13,22H,6,9,12,14-17H2,1-2H3,(H,27,33). The number of fused-ring (bicyclic) bond motifs is 1. The predicted octanol–water partition coefficient (Wildman–Crippen LogP) is 3.36. The molecule has 1 atom stereocenters. The average molecular weight is 459 g/mol. The molecule has 176 valence electrons. The van der Waals surface area contributed by atoms with Crippen LogP contribution in [0.2, 0.25) is 0 Å². The van der Waals surface area contributed by atoms with Crippen molar-refractivity contribution in [1.82, 2.24) is 30.1 Å². The highest BCUT2D eigenvalue weighted by Gasteiger charge is 2.22. The highest BCUT2D eigenvalue weighted by Crippen LogP contribution is 2.21. The van der Waals surface area contributed by atoms with Crippen molar-refractivity contribution in [2.24, 2.45) is 0 Å². The van der Waals surface area contributed by atoms with E-state index in [4.69, 9.17) is 4.74 Å². The predicted molar refractivity (Wildman–Crippen MR) is 130 cm³/mol. The lowest BCUT2D eigenvalue weighted by Crippen LogP contribution is -2.34. The fraction of sp³-hybridized carbons (Fsp3) is 0.385. The van der Waals surface area contributed by atoms with Crippen LogP contribution in [0, 0.1) is 13.8 Å². The third kappa shape index (κ3) is 4.93. The van der Waals surface area contributed by atoms with Gasteiger partial charge in [0.25, 0.3) is 5.56 Å². The number of rotatable bonds is 8. The van der Waals surface area contributed by atoms with Crippen molar-refractivity contribution in [3.8, 4) is 0 Å². The molecular weight excluding hydrogens is 428 g/mol. The molecule has 1 saturated heterocycles. The van der Waals surface area contributed by atoms with Crippen LogP contribution in [-0.4, -0.2) is 49.3 Å². The molecule has 1 unspecified atom stereocenters. The van der Waals surface area contributed by atoms with Crippen molar-refractivity contribution in [3.05, 3.63) is 87.0 Å². The number of hydrogen-bond donors (Lipinski definition) is 1. The van der Waals surface area contributed by atoms with E-state index in [1.807, 2.05) is 41.9 Å². The third-order valence-corrected chi connectivity index (χ3v) is 6.55. The number of nitrogens with one attached hydrogen (secondary N) is 1. The lowest BCUT2D eigenvalue weighted by atomic mass is 10.0. The quantitative estimate of drug-likeness (QED) is 0.436. The summed E-state index contributed by atoms with van der Waals surface area (Å²) in [6.07, 6.45) is 2.25. The van der Waals surface area contributed by atoms with Gasteiger partial charge in [-0.3, -0.25) is 9.69 Å². The maximum Gasteiger partial charge on any atom is 0.252 e. The molecule has 3 heterocycles. The van der Waals surface area contributed by atoms with E-state index in [0.717, 1.165) is 65.0 Å². The minimum atomic E-state index is -0.0533. The van der Waals surface area contributed by atoms with Crippen molar-refractivity contribution in [1.29, 1.82) is 0 Å². The van der Waals surface area contributed by atoms with E-state index in [-0.39, 0.29) is 11.7 Å². The van der Waals surface area contributed by atoms with Crippen molar-refractivity contribution in [3.63, 3.8) is 0 Å². The molecule has 1 aliphatic rings. The summed E-state index contributed by atoms with van der Waals surface area (Å²) in [4.78, 5) is 18.4. The zero-order valence-electron chi connectivity index (χ0n) is 19.7. The maximum atomic E-state index is 13.0. The Morgan fingerprint density at radius 1 is 1.12 bits per heavy atom. The second-order valence-electron chi connectivity index (χ2n) is 9.15. The number of benzene rings is 2. The summed E-state index contributed by atoms with van der Waals surface area (Å²) in [5.41, 5.74) is 4.95. The van der Waals surface area contributed by atoms with Gasteiger partial charge in [-0.05, 0) is 59.9 Å². The number of H-pyrrole nitrogens is 1. The monoisotopic (exact) mass is 458 g/mol. The lowest BCUT2D eigenvalue weighted by molar-refractivity contribution is 0.0663. The van der Waals surface area contributed by atoms with Crippen LogP contribution in [0.1, 0.15) is 40.9 Å². The van der Waals surface area contributed by atoms with Crippen LogP contribution in [0.15, 0.2) is 53.3 Å². The lowest BCUT2D eigenvalue weighted by Gasteiger charge is -2.24. The molecule has 2 aromatic heterocycles. The summed E-state index contributed by atoms with van der Waals surface area (Å²) in [6, 6.07) is 16.3. The minimum Gasteiger partial charge on any atom is -0.377 e. The normalized spacial score (nSPS) is 16.0. The molecule has 5 rings (SSSR count). The smallest absolute Gasteiger partial charge is 0.252 e. The van der Waals surface area contributed by atoms with Gasteiger partial charge in [0, 0.05) is 30.6 Å². The van der Waals surface area contributed by atoms with Gasteiger partial charge in [0.2, 0.25) is 0 Å². The van der Waals surface area contributed by atoms with Gasteiger partial charge < -0.3 is 9.72 Å². The molecule has 1 fully saturated rings. The molecule has 4 aromatic rings. The van der Waals surface area contributed by atoms with Crippen molar-refractivity contribution < 1.29 is 4.74 Å². The largest absolute Gasteiger partial charge is 0.377 e. The van der Waals surface area contributed by atoms with Crippen molar-refractivity contribution >= 4 is 10.9 Å². The fourth-order valence-electron chi connectivity index (χ4n) is 4.65. The van der Waals surface area contributed by atoms with Gasteiger partial charge in [-0.15, -0.1) is 5.10 Å². The number of ether oxygens (including phenoxy) is 1. The first kappa shape index (κ1) is 22.4. The molecule has 2 aromatic carbocycles. The van der Waals surface area contributed by atoms with E-state index in [0.29, 0.717) is 19.6 Å². The molecule has 0 bridgehead atoms. The maximum absolute atomic E-state index is 13.0. The first-order valence-electron chi connectivity index (χ1n) is 11.8. The molecule has 0 saturated carbocycles. The SMILES string of the molecule is Cc1ccc(C)c2[nH]c(=O)c(CN(Cc3nnnn3Cc3ccccc3)CC3CCCO3)cc12. The summed E-state index contributed by atoms with van der Waals surface area (Å²) in [5, 5.41) is 13.5. The van der Waals surface area contributed by atoms with Gasteiger partial charge in [0.15, 0.2) is 5.82 Å². The molecule has 0 radical (unpaired) electrons. The van der Waals surface area contributed by atoms with Gasteiger partial charge >= 0.3 is 0 Å². The van der Waals surface area contributed by atoms with Gasteiger partial charge in [-0.1, -0.05) is 42.5 Å². The van der Waals surface area contributed by atoms with E-state index < -0.39 is 0 Å². The molecule has 1 N–H and O–H groups in total. The molecule has 0 amide bonds. The topological polar surface area (TPSA) is 88.9 Å². The van der Waals surface area contributed by atoms with E-state index in [9.17, 15) is 4.79 Å². The number of nitrogens with zero attached hydrogens (tertiary/aromatic N) is 5. The molecule has 0 spiro atoms. The first-order valence-corrected chi connectivity index (χ1v) is 11.8. The Hall–Kier alpha value is -3.36. The van der Waals surface area contributed by atoms with Crippen LogP contribution in [0.4, 0.5) is 0 Å². The van der Waals surface area contributed by atoms with Gasteiger partial charge in [-0.2, -0.15) is 0 Å². The molecule has 34 heavy (non-hydrogen) atoms. The summed E-state index contributed by atoms with van der Waals surface area (Å²) < 4.78 is 7.74. The third-order valence-electron chi connectivity index (χ3n) is 6.55. The van der Waals surface area contributed by atoms with E-state index in [2.05, 4.69) is 50.5 Å². The molecule has 8 heteroatoms. The molecule has 0 aliphatic carbocycles. The van der Waals surface area contributed by atoms with E-state index >= 15 is 0 Å². The Bertz CT molecular complexity index is 1320. The first-order chi connectivity index (χ1) is 16.6. The van der Waals surface area contributed by atoms with Crippen LogP contribution in [0.5, 0.6) is 0 Å². The van der Waals surface area contributed by atoms with E-state index in [1.54, 1.807) is 0 Å². The fourth-order valence-corrected chi connectivity index (χ4v) is 4.65. The summed E-state index contributed by atoms with van der Waals surface area (Å²) in [6.45, 7) is 7.24. The van der Waals surface area contributed by atoms with Crippen molar-refractivity contribution in [2.45, 2.75) is 52.4 Å². The van der Waals surface area contributed by atoms with Gasteiger partial charge in [0.05, 0.1) is 24.7 Å². The Morgan fingerprint density at radius 2 is 1.94 bits per heavy atom. The number of aromatic amines is 1. The van der Waals surface area contributed by atoms with Gasteiger partial charge in [-0.25, -0.2) is 4.68 Å². The molecular formula is C26H30N6O2. The zero-order valence-corrected chi connectivity index (χ0v) is 19.7. The Balaban J connectivity index is 1.42. The number of aromatic nitrogens is 5. The number of pyridine rings is 1. The average Bonchev–Trinajstić information content (AvgIpc) is 3.50. The van der Waals surface area contributed by atoms with Crippen LogP contribution < -0.4 is 5.56 Å². The van der Waals surface area contributed by atoms with Crippen LogP contribution in [-0.2, 0) is 24.4 Å². The van der Waals surface area contributed by atoms with Crippen LogP contribution >= 0.6 is 0 Å². The number of hydrogen-bond acceptors (Lipinski definition) is 6. The summed E-state index contributed by atoms with van der Waals surface area (Å²) in [5.74, 6) is 0.770. The van der Waals surface area contributed by atoms with Crippen LogP contribution in [0.25, 0.3) is 10.9 Å². The van der Waals surface area contributed by atoms with Crippen LogP contribution in [0.3, 0.4) is 0 Å². The highest BCUT2D eigenvalue weighted by atomic mass is 16.5. The molecule has 8 nitrogen and oxygen atoms in total. The minimum absolute atomic E-state index is 0.0533. The Labute approximate surface area is 198 Å². The zero-order chi connectivity index (χ0) is 23.5. The van der Waals surface area contributed by atoms with E-state index in [1.165, 1.54) is 0 Å². The summed E-state index contributed by atoms with van der Waals surface area (Å²) >= 11 is 0. The Morgan fingerprint density at radius 3 is 2.74 bits per heavy atom. The second kappa shape index (κ2) is 9.87. The molecule has 1 aliphatic heterocycles. The van der Waals surface area contributed by atoms with Gasteiger partial charge in [0.1, 0.15) is 0 Å². The van der Waals surface area contributed by atoms with Crippen molar-refractivity contribution in [2.75, 3.05) is 13.2 Å². The number of aryl methyl sites for hydroxylation is 2. The summed E-state index contributed by atoms with van der Waals surface area (Å²) in [7, 11) is 0. The Kier molecular flexibility index (Phi) is 6.51. The highest BCUT2D eigenvalue weighted by molar-refractivity contribution is 5.85.